The Morgan fingerprint density at radius 2 is 2.18 bits per heavy atom. The van der Waals surface area contributed by atoms with Gasteiger partial charge < -0.3 is 15.2 Å². The lowest BCUT2D eigenvalue weighted by atomic mass is 10.2. The lowest BCUT2D eigenvalue weighted by molar-refractivity contribution is -0.119. The topological polar surface area (TPSA) is 75.6 Å². The number of carbonyl (C=O) groups is 2. The lowest BCUT2D eigenvalue weighted by Gasteiger charge is -2.09. The molecule has 2 N–H and O–H groups in total. The maximum absolute atomic E-state index is 10.8. The molecule has 92 valence electrons. The summed E-state index contributed by atoms with van der Waals surface area (Å²) in [6.07, 6.45) is 0. The van der Waals surface area contributed by atoms with Crippen LogP contribution in [-0.4, -0.2) is 30.1 Å². The molecular weight excluding hydrogens is 290 g/mol. The van der Waals surface area contributed by atoms with Crippen LogP contribution in [0, 0.1) is 0 Å². The highest BCUT2D eigenvalue weighted by Gasteiger charge is 2.07. The highest BCUT2D eigenvalue weighted by atomic mass is 79.9. The predicted molar refractivity (Wildman–Crippen MR) is 65.3 cm³/mol. The van der Waals surface area contributed by atoms with Gasteiger partial charge in [0, 0.05) is 6.92 Å². The molecule has 0 atom stereocenters. The van der Waals surface area contributed by atoms with Crippen molar-refractivity contribution < 1.29 is 19.4 Å². The van der Waals surface area contributed by atoms with Crippen LogP contribution in [0.2, 0.25) is 0 Å². The molecule has 6 heteroatoms. The van der Waals surface area contributed by atoms with Crippen molar-refractivity contribution in [3.63, 3.8) is 0 Å². The molecule has 0 aliphatic carbocycles. The number of carboxylic acids is 1. The zero-order chi connectivity index (χ0) is 12.8. The second-order valence-corrected chi connectivity index (χ2v) is 4.14. The van der Waals surface area contributed by atoms with Crippen molar-refractivity contribution in [3.8, 4) is 5.75 Å². The minimum Gasteiger partial charge on any atom is -0.491 e. The number of carboxylic acid groups (broad SMARTS) is 1. The molecule has 5 nitrogen and oxygen atoms in total. The van der Waals surface area contributed by atoms with Crippen LogP contribution < -0.4 is 10.1 Å². The Morgan fingerprint density at radius 3 is 2.76 bits per heavy atom. The van der Waals surface area contributed by atoms with Crippen LogP contribution in [0.4, 0.5) is 0 Å². The van der Waals surface area contributed by atoms with Gasteiger partial charge in [-0.15, -0.1) is 0 Å². The van der Waals surface area contributed by atoms with Gasteiger partial charge in [-0.05, 0) is 34.1 Å². The van der Waals surface area contributed by atoms with Crippen LogP contribution in [0.1, 0.15) is 17.3 Å². The van der Waals surface area contributed by atoms with Crippen molar-refractivity contribution in [1.29, 1.82) is 0 Å². The zero-order valence-corrected chi connectivity index (χ0v) is 10.8. The summed E-state index contributed by atoms with van der Waals surface area (Å²) in [5.41, 5.74) is 0.155. The Labute approximate surface area is 107 Å². The highest BCUT2D eigenvalue weighted by molar-refractivity contribution is 9.10. The average molecular weight is 302 g/mol. The Balaban J connectivity index is 2.60. The number of aromatic carboxylic acids is 1. The molecular formula is C11H12BrNO4. The smallest absolute Gasteiger partial charge is 0.335 e. The molecule has 0 heterocycles. The third-order valence-electron chi connectivity index (χ3n) is 1.91. The Kier molecular flexibility index (Phi) is 4.96. The number of halogens is 1. The normalized spacial score (nSPS) is 9.76. The molecule has 0 radical (unpaired) electrons. The van der Waals surface area contributed by atoms with Gasteiger partial charge in [0.15, 0.2) is 0 Å². The molecule has 0 aliphatic heterocycles. The van der Waals surface area contributed by atoms with Crippen molar-refractivity contribution in [2.45, 2.75) is 6.92 Å². The molecule has 0 saturated carbocycles. The monoisotopic (exact) mass is 301 g/mol. The van der Waals surface area contributed by atoms with Gasteiger partial charge in [0.25, 0.3) is 0 Å². The SMILES string of the molecule is CC(=O)NCCOc1cc(C(=O)O)ccc1Br. The fourth-order valence-corrected chi connectivity index (χ4v) is 1.50. The standard InChI is InChI=1S/C11H12BrNO4/c1-7(14)13-4-5-17-10-6-8(11(15)16)2-3-9(10)12/h2-3,6H,4-5H2,1H3,(H,13,14)(H,15,16). The summed E-state index contributed by atoms with van der Waals surface area (Å²) in [4.78, 5) is 21.4. The van der Waals surface area contributed by atoms with Crippen molar-refractivity contribution >= 4 is 27.8 Å². The van der Waals surface area contributed by atoms with Crippen LogP contribution in [0.15, 0.2) is 22.7 Å². The quantitative estimate of drug-likeness (QED) is 0.811. The van der Waals surface area contributed by atoms with E-state index in [0.29, 0.717) is 16.8 Å². The van der Waals surface area contributed by atoms with Crippen LogP contribution >= 0.6 is 15.9 Å². The fraction of sp³-hybridized carbons (Fsp3) is 0.273. The van der Waals surface area contributed by atoms with Crippen molar-refractivity contribution in [2.75, 3.05) is 13.2 Å². The number of ether oxygens (including phenoxy) is 1. The molecule has 1 rings (SSSR count). The number of benzene rings is 1. The molecule has 0 spiro atoms. The van der Waals surface area contributed by atoms with E-state index >= 15 is 0 Å². The van der Waals surface area contributed by atoms with Crippen molar-refractivity contribution in [2.24, 2.45) is 0 Å². The lowest BCUT2D eigenvalue weighted by Crippen LogP contribution is -2.25. The van der Waals surface area contributed by atoms with Gasteiger partial charge in [0.05, 0.1) is 16.6 Å². The summed E-state index contributed by atoms with van der Waals surface area (Å²) >= 11 is 3.26. The van der Waals surface area contributed by atoms with E-state index in [1.807, 2.05) is 0 Å². The van der Waals surface area contributed by atoms with E-state index in [1.54, 1.807) is 6.07 Å². The van der Waals surface area contributed by atoms with Gasteiger partial charge >= 0.3 is 5.97 Å². The number of nitrogens with one attached hydrogen (secondary N) is 1. The van der Waals surface area contributed by atoms with Crippen LogP contribution in [0.5, 0.6) is 5.75 Å². The number of rotatable bonds is 5. The average Bonchev–Trinajstić information content (AvgIpc) is 2.25. The summed E-state index contributed by atoms with van der Waals surface area (Å²) in [5, 5.41) is 11.4. The van der Waals surface area contributed by atoms with Gasteiger partial charge in [-0.2, -0.15) is 0 Å². The van der Waals surface area contributed by atoms with E-state index in [1.165, 1.54) is 19.1 Å². The first-order valence-corrected chi connectivity index (χ1v) is 5.70. The van der Waals surface area contributed by atoms with E-state index in [0.717, 1.165) is 0 Å². The predicted octanol–water partition coefficient (Wildman–Crippen LogP) is 1.66. The largest absolute Gasteiger partial charge is 0.491 e. The van der Waals surface area contributed by atoms with E-state index in [9.17, 15) is 9.59 Å². The minimum absolute atomic E-state index is 0.132. The Bertz CT molecular complexity index is 433. The van der Waals surface area contributed by atoms with E-state index < -0.39 is 5.97 Å². The van der Waals surface area contributed by atoms with Gasteiger partial charge in [-0.25, -0.2) is 4.79 Å². The van der Waals surface area contributed by atoms with Crippen molar-refractivity contribution in [1.82, 2.24) is 5.32 Å². The van der Waals surface area contributed by atoms with Gasteiger partial charge in [0.1, 0.15) is 12.4 Å². The van der Waals surface area contributed by atoms with Gasteiger partial charge in [0.2, 0.25) is 5.91 Å². The first kappa shape index (κ1) is 13.5. The zero-order valence-electron chi connectivity index (χ0n) is 9.20. The molecule has 0 unspecified atom stereocenters. The Hall–Kier alpha value is -1.56. The molecule has 0 saturated heterocycles. The number of hydrogen-bond acceptors (Lipinski definition) is 3. The first-order chi connectivity index (χ1) is 8.00. The summed E-state index contributed by atoms with van der Waals surface area (Å²) < 4.78 is 6.02. The van der Waals surface area contributed by atoms with Crippen LogP contribution in [0.3, 0.4) is 0 Å². The number of hydrogen-bond donors (Lipinski definition) is 2. The molecule has 1 amide bonds. The Morgan fingerprint density at radius 1 is 1.47 bits per heavy atom. The highest BCUT2D eigenvalue weighted by Crippen LogP contribution is 2.25. The van der Waals surface area contributed by atoms with Gasteiger partial charge in [-0.3, -0.25) is 4.79 Å². The first-order valence-electron chi connectivity index (χ1n) is 4.91. The van der Waals surface area contributed by atoms with E-state index in [2.05, 4.69) is 21.2 Å². The molecule has 17 heavy (non-hydrogen) atoms. The fourth-order valence-electron chi connectivity index (χ4n) is 1.14. The molecule has 1 aromatic carbocycles. The minimum atomic E-state index is -1.01. The summed E-state index contributed by atoms with van der Waals surface area (Å²) in [5.74, 6) is -0.702. The molecule has 0 aliphatic rings. The molecule has 1 aromatic rings. The second kappa shape index (κ2) is 6.24. The maximum Gasteiger partial charge on any atom is 0.335 e. The van der Waals surface area contributed by atoms with E-state index in [4.69, 9.17) is 9.84 Å². The maximum atomic E-state index is 10.8. The second-order valence-electron chi connectivity index (χ2n) is 3.28. The molecule has 0 fully saturated rings. The third kappa shape index (κ3) is 4.44. The van der Waals surface area contributed by atoms with Crippen LogP contribution in [0.25, 0.3) is 0 Å². The molecule has 0 aromatic heterocycles. The number of carbonyl (C=O) groups excluding carboxylic acids is 1. The summed E-state index contributed by atoms with van der Waals surface area (Å²) in [6.45, 7) is 2.07. The molecule has 0 bridgehead atoms. The van der Waals surface area contributed by atoms with E-state index in [-0.39, 0.29) is 18.1 Å². The van der Waals surface area contributed by atoms with Crippen molar-refractivity contribution in [3.05, 3.63) is 28.2 Å². The van der Waals surface area contributed by atoms with Gasteiger partial charge in [-0.1, -0.05) is 0 Å². The van der Waals surface area contributed by atoms with Crippen LogP contribution in [-0.2, 0) is 4.79 Å². The third-order valence-corrected chi connectivity index (χ3v) is 2.57. The summed E-state index contributed by atoms with van der Waals surface area (Å²) in [7, 11) is 0. The summed E-state index contributed by atoms with van der Waals surface area (Å²) in [6, 6.07) is 4.52. The number of amides is 1.